The molecule has 15 heavy (non-hydrogen) atoms. The van der Waals surface area contributed by atoms with E-state index in [9.17, 15) is 0 Å². The van der Waals surface area contributed by atoms with Crippen LogP contribution in [0.4, 0.5) is 0 Å². The fourth-order valence-electron chi connectivity index (χ4n) is 1.87. The maximum Gasteiger partial charge on any atom is 0.139 e. The Labute approximate surface area is 88.8 Å². The molecule has 1 aliphatic rings. The highest BCUT2D eigenvalue weighted by Gasteiger charge is 2.25. The summed E-state index contributed by atoms with van der Waals surface area (Å²) >= 11 is 0. The van der Waals surface area contributed by atoms with E-state index in [0.717, 1.165) is 12.4 Å². The van der Waals surface area contributed by atoms with Gasteiger partial charge < -0.3 is 9.88 Å². The lowest BCUT2D eigenvalue weighted by Gasteiger charge is -2.09. The highest BCUT2D eigenvalue weighted by atomic mass is 15.2. The number of hydrogen-bond donors (Lipinski definition) is 1. The van der Waals surface area contributed by atoms with E-state index >= 15 is 0 Å². The van der Waals surface area contributed by atoms with Crippen molar-refractivity contribution < 1.29 is 0 Å². The predicted molar refractivity (Wildman–Crippen MR) is 59.0 cm³/mol. The lowest BCUT2D eigenvalue weighted by atomic mass is 10.2. The fraction of sp³-hybridized carbons (Fsp3) is 0.250. The molecule has 0 aliphatic carbocycles. The van der Waals surface area contributed by atoms with Crippen LogP contribution in [0.2, 0.25) is 0 Å². The van der Waals surface area contributed by atoms with Crippen LogP contribution in [0.3, 0.4) is 0 Å². The summed E-state index contributed by atoms with van der Waals surface area (Å²) < 4.78 is 2.17. The first-order valence-corrected chi connectivity index (χ1v) is 5.19. The molecule has 1 saturated heterocycles. The third kappa shape index (κ3) is 1.45. The summed E-state index contributed by atoms with van der Waals surface area (Å²) in [5, 5.41) is 3.32. The van der Waals surface area contributed by atoms with Crippen LogP contribution in [0, 0.1) is 6.92 Å². The van der Waals surface area contributed by atoms with Gasteiger partial charge in [0.25, 0.3) is 0 Å². The van der Waals surface area contributed by atoms with Crippen LogP contribution in [0.15, 0.2) is 36.7 Å². The van der Waals surface area contributed by atoms with Crippen LogP contribution in [0.1, 0.15) is 17.3 Å². The first kappa shape index (κ1) is 8.68. The first-order chi connectivity index (χ1) is 7.36. The number of aromatic nitrogens is 2. The van der Waals surface area contributed by atoms with E-state index in [1.807, 2.05) is 12.3 Å². The van der Waals surface area contributed by atoms with Crippen molar-refractivity contribution >= 4 is 0 Å². The Hall–Kier alpha value is -1.61. The molecule has 1 aliphatic heterocycles. The summed E-state index contributed by atoms with van der Waals surface area (Å²) in [4.78, 5) is 4.43. The molecule has 0 amide bonds. The Balaban J connectivity index is 2.12. The summed E-state index contributed by atoms with van der Waals surface area (Å²) in [5.74, 6) is 1.03. The van der Waals surface area contributed by atoms with E-state index in [1.165, 1.54) is 11.3 Å². The minimum atomic E-state index is 0.515. The third-order valence-electron chi connectivity index (χ3n) is 2.76. The lowest BCUT2D eigenvalue weighted by molar-refractivity contribution is 0.877. The monoisotopic (exact) mass is 199 g/mol. The van der Waals surface area contributed by atoms with Gasteiger partial charge in [-0.2, -0.15) is 0 Å². The fourth-order valence-corrected chi connectivity index (χ4v) is 1.87. The molecule has 1 atom stereocenters. The van der Waals surface area contributed by atoms with Gasteiger partial charge in [0, 0.05) is 24.6 Å². The van der Waals surface area contributed by atoms with Crippen molar-refractivity contribution in [2.75, 3.05) is 6.54 Å². The summed E-state index contributed by atoms with van der Waals surface area (Å²) in [5.41, 5.74) is 2.51. The predicted octanol–water partition coefficient (Wildman–Crippen LogP) is 1.83. The molecule has 0 unspecified atom stereocenters. The molecule has 0 aromatic carbocycles. The number of rotatable bonds is 2. The van der Waals surface area contributed by atoms with E-state index in [2.05, 4.69) is 46.2 Å². The molecular formula is C12H13N3. The van der Waals surface area contributed by atoms with Gasteiger partial charge in [0.05, 0.1) is 6.04 Å². The van der Waals surface area contributed by atoms with Gasteiger partial charge in [0.1, 0.15) is 5.82 Å². The standard InChI is InChI=1S/C12H13N3/c1-9-4-2-6-13-12(9)15-7-3-5-11(15)10-8-14-10/h2-7,10,14H,8H2,1H3/t10-/m1/s1. The van der Waals surface area contributed by atoms with Gasteiger partial charge in [-0.3, -0.25) is 0 Å². The Morgan fingerprint density at radius 2 is 2.27 bits per heavy atom. The Morgan fingerprint density at radius 1 is 1.40 bits per heavy atom. The largest absolute Gasteiger partial charge is 0.306 e. The lowest BCUT2D eigenvalue weighted by Crippen LogP contribution is -2.03. The molecule has 0 saturated carbocycles. The van der Waals surface area contributed by atoms with Crippen molar-refractivity contribution in [2.24, 2.45) is 0 Å². The molecule has 2 aromatic rings. The Bertz CT molecular complexity index is 483. The van der Waals surface area contributed by atoms with Crippen molar-refractivity contribution in [3.63, 3.8) is 0 Å². The first-order valence-electron chi connectivity index (χ1n) is 5.19. The van der Waals surface area contributed by atoms with Gasteiger partial charge in [-0.05, 0) is 30.7 Å². The SMILES string of the molecule is Cc1cccnc1-n1cccc1[C@H]1CN1. The molecule has 1 fully saturated rings. The molecule has 0 bridgehead atoms. The number of nitrogens with one attached hydrogen (secondary N) is 1. The Kier molecular flexibility index (Phi) is 1.86. The third-order valence-corrected chi connectivity index (χ3v) is 2.76. The minimum Gasteiger partial charge on any atom is -0.306 e. The average Bonchev–Trinajstić information content (AvgIpc) is 2.98. The highest BCUT2D eigenvalue weighted by Crippen LogP contribution is 2.25. The van der Waals surface area contributed by atoms with Crippen molar-refractivity contribution in [3.8, 4) is 5.82 Å². The van der Waals surface area contributed by atoms with Crippen molar-refractivity contribution in [3.05, 3.63) is 47.9 Å². The van der Waals surface area contributed by atoms with Gasteiger partial charge in [-0.15, -0.1) is 0 Å². The number of hydrogen-bond acceptors (Lipinski definition) is 2. The summed E-state index contributed by atoms with van der Waals surface area (Å²) in [6, 6.07) is 8.80. The van der Waals surface area contributed by atoms with E-state index in [1.54, 1.807) is 0 Å². The van der Waals surface area contributed by atoms with E-state index in [-0.39, 0.29) is 0 Å². The van der Waals surface area contributed by atoms with Crippen molar-refractivity contribution in [2.45, 2.75) is 13.0 Å². The van der Waals surface area contributed by atoms with E-state index < -0.39 is 0 Å². The molecule has 1 N–H and O–H groups in total. The summed E-state index contributed by atoms with van der Waals surface area (Å²) in [6.07, 6.45) is 3.91. The van der Waals surface area contributed by atoms with Crippen LogP contribution < -0.4 is 5.32 Å². The maximum atomic E-state index is 4.43. The van der Waals surface area contributed by atoms with E-state index in [0.29, 0.717) is 6.04 Å². The van der Waals surface area contributed by atoms with Crippen molar-refractivity contribution in [1.29, 1.82) is 0 Å². The normalized spacial score (nSPS) is 19.1. The minimum absolute atomic E-state index is 0.515. The zero-order valence-electron chi connectivity index (χ0n) is 8.64. The molecule has 3 rings (SSSR count). The van der Waals surface area contributed by atoms with Crippen LogP contribution in [-0.4, -0.2) is 16.1 Å². The van der Waals surface area contributed by atoms with Crippen molar-refractivity contribution in [1.82, 2.24) is 14.9 Å². The second kappa shape index (κ2) is 3.21. The average molecular weight is 199 g/mol. The summed E-state index contributed by atoms with van der Waals surface area (Å²) in [6.45, 7) is 3.17. The van der Waals surface area contributed by atoms with Crippen LogP contribution in [0.5, 0.6) is 0 Å². The van der Waals surface area contributed by atoms with Gasteiger partial charge in [0.15, 0.2) is 0 Å². The van der Waals surface area contributed by atoms with Gasteiger partial charge in [0.2, 0.25) is 0 Å². The van der Waals surface area contributed by atoms with Crippen LogP contribution >= 0.6 is 0 Å². The molecule has 0 spiro atoms. The molecule has 3 heterocycles. The van der Waals surface area contributed by atoms with Gasteiger partial charge in [-0.1, -0.05) is 6.07 Å². The second-order valence-electron chi connectivity index (χ2n) is 3.91. The van der Waals surface area contributed by atoms with Crippen LogP contribution in [0.25, 0.3) is 5.82 Å². The molecule has 3 heteroatoms. The topological polar surface area (TPSA) is 39.8 Å². The van der Waals surface area contributed by atoms with Gasteiger partial charge in [-0.25, -0.2) is 4.98 Å². The maximum absolute atomic E-state index is 4.43. The molecule has 0 radical (unpaired) electrons. The number of pyridine rings is 1. The van der Waals surface area contributed by atoms with Gasteiger partial charge >= 0.3 is 0 Å². The molecule has 2 aromatic heterocycles. The quantitative estimate of drug-likeness (QED) is 0.749. The molecular weight excluding hydrogens is 186 g/mol. The highest BCUT2D eigenvalue weighted by molar-refractivity contribution is 5.37. The zero-order valence-corrected chi connectivity index (χ0v) is 8.64. The Morgan fingerprint density at radius 3 is 3.00 bits per heavy atom. The molecule has 3 nitrogen and oxygen atoms in total. The summed E-state index contributed by atoms with van der Waals surface area (Å²) in [7, 11) is 0. The number of aryl methyl sites for hydroxylation is 1. The molecule has 76 valence electrons. The zero-order chi connectivity index (χ0) is 10.3. The number of nitrogens with zero attached hydrogens (tertiary/aromatic N) is 2. The van der Waals surface area contributed by atoms with E-state index in [4.69, 9.17) is 0 Å². The second-order valence-corrected chi connectivity index (χ2v) is 3.91. The van der Waals surface area contributed by atoms with Crippen LogP contribution in [-0.2, 0) is 0 Å². The smallest absolute Gasteiger partial charge is 0.139 e.